The second-order valence-corrected chi connectivity index (χ2v) is 13.3. The topological polar surface area (TPSA) is 58.2 Å². The zero-order valence-corrected chi connectivity index (χ0v) is 29.8. The van der Waals surface area contributed by atoms with E-state index >= 15 is 0 Å². The summed E-state index contributed by atoms with van der Waals surface area (Å²) in [6, 6.07) is -0.459. The van der Waals surface area contributed by atoms with Gasteiger partial charge in [-0.15, -0.1) is 0 Å². The van der Waals surface area contributed by atoms with Gasteiger partial charge in [0.05, 0.1) is 0 Å². The lowest BCUT2D eigenvalue weighted by Gasteiger charge is -2.18. The summed E-state index contributed by atoms with van der Waals surface area (Å²) in [5.41, 5.74) is 0. The molecule has 0 aliphatic carbocycles. The number of carbonyl (C=O) groups excluding carboxylic acids is 2. The molecular formula is C38H74N2O2S. The Balaban J connectivity index is 3.67. The van der Waals surface area contributed by atoms with Gasteiger partial charge < -0.3 is 10.6 Å². The van der Waals surface area contributed by atoms with Crippen LogP contribution < -0.4 is 10.6 Å². The monoisotopic (exact) mass is 623 g/mol. The molecule has 0 fully saturated rings. The van der Waals surface area contributed by atoms with Crippen LogP contribution in [0.1, 0.15) is 200 Å². The Morgan fingerprint density at radius 1 is 0.558 bits per heavy atom. The van der Waals surface area contributed by atoms with Crippen LogP contribution in [0.5, 0.6) is 0 Å². The number of allylic oxidation sites excluding steroid dienone is 2. The maximum atomic E-state index is 12.7. The summed E-state index contributed by atoms with van der Waals surface area (Å²) in [4.78, 5) is 25.1. The van der Waals surface area contributed by atoms with E-state index in [1.165, 1.54) is 148 Å². The fourth-order valence-corrected chi connectivity index (χ4v) is 5.93. The van der Waals surface area contributed by atoms with Crippen molar-refractivity contribution < 1.29 is 9.59 Å². The first-order valence-corrected chi connectivity index (χ1v) is 19.6. The number of carbonyl (C=O) groups is 2. The molecule has 1 atom stereocenters. The van der Waals surface area contributed by atoms with Crippen molar-refractivity contribution in [1.82, 2.24) is 10.6 Å². The number of hydrogen-bond donors (Lipinski definition) is 3. The van der Waals surface area contributed by atoms with E-state index < -0.39 is 6.04 Å². The first-order chi connectivity index (χ1) is 21.2. The molecule has 0 aromatic heterocycles. The molecule has 1 unspecified atom stereocenters. The van der Waals surface area contributed by atoms with E-state index in [9.17, 15) is 9.59 Å². The van der Waals surface area contributed by atoms with Gasteiger partial charge in [-0.25, -0.2) is 0 Å². The third-order valence-corrected chi connectivity index (χ3v) is 8.82. The summed E-state index contributed by atoms with van der Waals surface area (Å²) in [5, 5.41) is 6.01. The molecule has 43 heavy (non-hydrogen) atoms. The quantitative estimate of drug-likeness (QED) is 0.0380. The minimum absolute atomic E-state index is 0.00365. The van der Waals surface area contributed by atoms with Gasteiger partial charge in [-0.2, -0.15) is 12.6 Å². The van der Waals surface area contributed by atoms with E-state index in [1.54, 1.807) is 0 Å². The number of hydrogen-bond acceptors (Lipinski definition) is 3. The molecule has 4 nitrogen and oxygen atoms in total. The van der Waals surface area contributed by atoms with Crippen LogP contribution in [0.2, 0.25) is 0 Å². The second-order valence-electron chi connectivity index (χ2n) is 12.9. The van der Waals surface area contributed by atoms with Crippen molar-refractivity contribution in [3.8, 4) is 0 Å². The number of nitrogens with one attached hydrogen (secondary N) is 2. The molecule has 0 radical (unpaired) electrons. The molecule has 0 aliphatic rings. The summed E-state index contributed by atoms with van der Waals surface area (Å²) >= 11 is 4.31. The van der Waals surface area contributed by atoms with Gasteiger partial charge in [-0.1, -0.05) is 161 Å². The Morgan fingerprint density at radius 2 is 0.953 bits per heavy atom. The zero-order valence-electron chi connectivity index (χ0n) is 28.9. The van der Waals surface area contributed by atoms with Crippen molar-refractivity contribution in [1.29, 1.82) is 0 Å². The van der Waals surface area contributed by atoms with Crippen LogP contribution in [0.25, 0.3) is 0 Å². The minimum Gasteiger partial charge on any atom is -0.354 e. The number of amides is 2. The van der Waals surface area contributed by atoms with Crippen LogP contribution in [0.4, 0.5) is 0 Å². The zero-order chi connectivity index (χ0) is 31.5. The maximum absolute atomic E-state index is 12.7. The number of unbranched alkanes of at least 4 members (excludes halogenated alkanes) is 24. The van der Waals surface area contributed by atoms with Crippen LogP contribution in [0.3, 0.4) is 0 Å². The SMILES string of the molecule is CCCCCCCC/C=C/CCCCCCCC(=O)NC(CCS)C(=O)NCCCCCCCCCCCCCCCC. The molecule has 254 valence electrons. The Morgan fingerprint density at radius 3 is 1.40 bits per heavy atom. The normalized spacial score (nSPS) is 12.2. The summed E-state index contributed by atoms with van der Waals surface area (Å²) in [7, 11) is 0. The first-order valence-electron chi connectivity index (χ1n) is 19.0. The average molecular weight is 623 g/mol. The minimum atomic E-state index is -0.459. The van der Waals surface area contributed by atoms with Crippen LogP contribution in [-0.2, 0) is 9.59 Å². The van der Waals surface area contributed by atoms with Gasteiger partial charge >= 0.3 is 0 Å². The number of thiol groups is 1. The Kier molecular flexibility index (Phi) is 34.7. The van der Waals surface area contributed by atoms with Crippen molar-refractivity contribution >= 4 is 24.4 Å². The van der Waals surface area contributed by atoms with E-state index in [-0.39, 0.29) is 11.8 Å². The van der Waals surface area contributed by atoms with Crippen LogP contribution in [-0.4, -0.2) is 30.2 Å². The lowest BCUT2D eigenvalue weighted by molar-refractivity contribution is -0.129. The molecule has 2 N–H and O–H groups in total. The highest BCUT2D eigenvalue weighted by Gasteiger charge is 2.19. The highest BCUT2D eigenvalue weighted by molar-refractivity contribution is 7.80. The van der Waals surface area contributed by atoms with Gasteiger partial charge in [0.1, 0.15) is 6.04 Å². The predicted molar refractivity (Wildman–Crippen MR) is 193 cm³/mol. The predicted octanol–water partition coefficient (Wildman–Crippen LogP) is 11.4. The lowest BCUT2D eigenvalue weighted by atomic mass is 10.0. The standard InChI is InChI=1S/C38H74N2O2S/c1-3-5-7-9-11-13-15-17-19-20-22-24-26-28-30-32-37(41)40-36(33-35-43)38(42)39-34-31-29-27-25-23-21-18-16-14-12-10-8-6-4-2/h17,19,36,43H,3-16,18,20-35H2,1-2H3,(H,39,42)(H,40,41)/b19-17+. The molecule has 0 aromatic rings. The van der Waals surface area contributed by atoms with Gasteiger partial charge in [-0.3, -0.25) is 9.59 Å². The average Bonchev–Trinajstić information content (AvgIpc) is 3.00. The molecule has 0 bridgehead atoms. The molecule has 0 saturated heterocycles. The molecule has 0 spiro atoms. The fourth-order valence-electron chi connectivity index (χ4n) is 5.68. The van der Waals surface area contributed by atoms with Gasteiger partial charge in [0.15, 0.2) is 0 Å². The second kappa shape index (κ2) is 35.5. The van der Waals surface area contributed by atoms with Gasteiger partial charge in [-0.05, 0) is 50.7 Å². The summed E-state index contributed by atoms with van der Waals surface area (Å²) in [6.45, 7) is 5.24. The number of rotatable bonds is 34. The highest BCUT2D eigenvalue weighted by atomic mass is 32.1. The van der Waals surface area contributed by atoms with Crippen molar-refractivity contribution in [2.75, 3.05) is 12.3 Å². The van der Waals surface area contributed by atoms with Crippen molar-refractivity contribution in [3.63, 3.8) is 0 Å². The Labute approximate surface area is 274 Å². The van der Waals surface area contributed by atoms with Crippen molar-refractivity contribution in [2.24, 2.45) is 0 Å². The van der Waals surface area contributed by atoms with E-state index in [4.69, 9.17) is 0 Å². The van der Waals surface area contributed by atoms with E-state index in [0.717, 1.165) is 25.7 Å². The van der Waals surface area contributed by atoms with Crippen LogP contribution in [0.15, 0.2) is 12.2 Å². The lowest BCUT2D eigenvalue weighted by Crippen LogP contribution is -2.47. The molecule has 0 heterocycles. The third kappa shape index (κ3) is 32.2. The third-order valence-electron chi connectivity index (χ3n) is 8.56. The molecule has 2 amide bonds. The molecule has 0 aliphatic heterocycles. The summed E-state index contributed by atoms with van der Waals surface area (Å²) in [6.07, 6.45) is 40.7. The smallest absolute Gasteiger partial charge is 0.242 e. The highest BCUT2D eigenvalue weighted by Crippen LogP contribution is 2.13. The summed E-state index contributed by atoms with van der Waals surface area (Å²) in [5.74, 6) is 0.530. The largest absolute Gasteiger partial charge is 0.354 e. The molecule has 0 saturated carbocycles. The van der Waals surface area contributed by atoms with Gasteiger partial charge in [0, 0.05) is 13.0 Å². The van der Waals surface area contributed by atoms with Crippen molar-refractivity contribution in [3.05, 3.63) is 12.2 Å². The molecule has 0 rings (SSSR count). The first kappa shape index (κ1) is 42.0. The van der Waals surface area contributed by atoms with E-state index in [1.807, 2.05) is 0 Å². The maximum Gasteiger partial charge on any atom is 0.242 e. The Bertz CT molecular complexity index is 625. The fraction of sp³-hybridized carbons (Fsp3) is 0.895. The van der Waals surface area contributed by atoms with E-state index in [2.05, 4.69) is 49.3 Å². The van der Waals surface area contributed by atoms with Gasteiger partial charge in [0.2, 0.25) is 11.8 Å². The van der Waals surface area contributed by atoms with Crippen LogP contribution >= 0.6 is 12.6 Å². The van der Waals surface area contributed by atoms with E-state index in [0.29, 0.717) is 25.1 Å². The van der Waals surface area contributed by atoms with Gasteiger partial charge in [0.25, 0.3) is 0 Å². The summed E-state index contributed by atoms with van der Waals surface area (Å²) < 4.78 is 0. The Hall–Kier alpha value is -0.970. The molecule has 0 aromatic carbocycles. The molecular weight excluding hydrogens is 548 g/mol. The van der Waals surface area contributed by atoms with Crippen molar-refractivity contribution in [2.45, 2.75) is 206 Å². The van der Waals surface area contributed by atoms with Crippen LogP contribution in [0, 0.1) is 0 Å². The molecule has 5 heteroatoms.